The first-order valence-corrected chi connectivity index (χ1v) is 5.59. The average Bonchev–Trinajstić information content (AvgIpc) is 2.29. The van der Waals surface area contributed by atoms with Gasteiger partial charge < -0.3 is 11.1 Å². The van der Waals surface area contributed by atoms with Crippen LogP contribution in [0.1, 0.15) is 25.5 Å². The lowest BCUT2D eigenvalue weighted by atomic mass is 10.1. The second-order valence-electron chi connectivity index (χ2n) is 4.23. The number of anilines is 3. The molecule has 4 heteroatoms. The predicted molar refractivity (Wildman–Crippen MR) is 70.3 cm³/mol. The fourth-order valence-corrected chi connectivity index (χ4v) is 1.52. The van der Waals surface area contributed by atoms with Crippen molar-refractivity contribution in [1.29, 1.82) is 0 Å². The Bertz CT molecular complexity index is 508. The minimum Gasteiger partial charge on any atom is -0.399 e. The molecule has 0 saturated carbocycles. The van der Waals surface area contributed by atoms with E-state index in [2.05, 4.69) is 29.1 Å². The minimum absolute atomic E-state index is 0.388. The molecule has 1 aromatic carbocycles. The van der Waals surface area contributed by atoms with Gasteiger partial charge in [0.25, 0.3) is 0 Å². The lowest BCUT2D eigenvalue weighted by Crippen LogP contribution is -1.99. The molecule has 0 saturated heterocycles. The van der Waals surface area contributed by atoms with Crippen LogP contribution in [0.3, 0.4) is 0 Å². The molecule has 2 rings (SSSR count). The molecule has 4 nitrogen and oxygen atoms in total. The van der Waals surface area contributed by atoms with E-state index in [-0.39, 0.29) is 0 Å². The first-order chi connectivity index (χ1) is 8.15. The van der Waals surface area contributed by atoms with Crippen LogP contribution in [0.5, 0.6) is 0 Å². The summed E-state index contributed by atoms with van der Waals surface area (Å²) in [5, 5.41) is 3.21. The fourth-order valence-electron chi connectivity index (χ4n) is 1.52. The topological polar surface area (TPSA) is 63.8 Å². The highest BCUT2D eigenvalue weighted by molar-refractivity contribution is 5.61. The molecule has 88 valence electrons. The van der Waals surface area contributed by atoms with Gasteiger partial charge in [-0.25, -0.2) is 9.97 Å². The van der Waals surface area contributed by atoms with Crippen molar-refractivity contribution in [3.63, 3.8) is 0 Å². The number of rotatable bonds is 3. The summed E-state index contributed by atoms with van der Waals surface area (Å²) in [6.07, 6.45) is 1.57. The van der Waals surface area contributed by atoms with Crippen LogP contribution in [-0.2, 0) is 0 Å². The van der Waals surface area contributed by atoms with Crippen molar-refractivity contribution in [3.05, 3.63) is 42.4 Å². The molecule has 1 heterocycles. The van der Waals surface area contributed by atoms with E-state index in [9.17, 15) is 0 Å². The Morgan fingerprint density at radius 3 is 2.71 bits per heavy atom. The van der Waals surface area contributed by atoms with Crippen LogP contribution in [-0.4, -0.2) is 9.97 Å². The van der Waals surface area contributed by atoms with Gasteiger partial charge in [0, 0.05) is 23.1 Å². The standard InChI is InChI=1S/C13H16N4/c1-9(2)12-7-13(16-8-15-12)17-11-5-3-4-10(14)6-11/h3-9H,14H2,1-2H3,(H,15,16,17). The van der Waals surface area contributed by atoms with E-state index in [0.717, 1.165) is 22.9 Å². The Morgan fingerprint density at radius 2 is 2.00 bits per heavy atom. The van der Waals surface area contributed by atoms with Gasteiger partial charge in [-0.15, -0.1) is 0 Å². The van der Waals surface area contributed by atoms with Crippen molar-refractivity contribution in [1.82, 2.24) is 9.97 Å². The Hall–Kier alpha value is -2.10. The lowest BCUT2D eigenvalue weighted by molar-refractivity contribution is 0.815. The number of nitrogens with two attached hydrogens (primary N) is 1. The third kappa shape index (κ3) is 2.93. The zero-order valence-corrected chi connectivity index (χ0v) is 10.0. The highest BCUT2D eigenvalue weighted by atomic mass is 15.0. The molecule has 0 atom stereocenters. The summed E-state index contributed by atoms with van der Waals surface area (Å²) >= 11 is 0. The molecule has 0 radical (unpaired) electrons. The monoisotopic (exact) mass is 228 g/mol. The summed E-state index contributed by atoms with van der Waals surface area (Å²) in [5.41, 5.74) is 8.40. The van der Waals surface area contributed by atoms with Gasteiger partial charge in [0.15, 0.2) is 0 Å². The maximum Gasteiger partial charge on any atom is 0.133 e. The number of nitrogens with zero attached hydrogens (tertiary/aromatic N) is 2. The Labute approximate surface area is 101 Å². The molecule has 0 bridgehead atoms. The van der Waals surface area contributed by atoms with Crippen LogP contribution in [0, 0.1) is 0 Å². The summed E-state index contributed by atoms with van der Waals surface area (Å²) in [7, 11) is 0. The Balaban J connectivity index is 2.21. The van der Waals surface area contributed by atoms with Gasteiger partial charge in [-0.3, -0.25) is 0 Å². The quantitative estimate of drug-likeness (QED) is 0.793. The third-order valence-electron chi connectivity index (χ3n) is 2.44. The molecule has 1 aromatic heterocycles. The smallest absolute Gasteiger partial charge is 0.133 e. The van der Waals surface area contributed by atoms with E-state index in [1.54, 1.807) is 6.33 Å². The number of benzene rings is 1. The number of nitrogens with one attached hydrogen (secondary N) is 1. The van der Waals surface area contributed by atoms with Crippen molar-refractivity contribution in [2.24, 2.45) is 0 Å². The van der Waals surface area contributed by atoms with Crippen LogP contribution in [0.25, 0.3) is 0 Å². The van der Waals surface area contributed by atoms with Crippen molar-refractivity contribution in [3.8, 4) is 0 Å². The zero-order chi connectivity index (χ0) is 12.3. The Kier molecular flexibility index (Phi) is 3.23. The zero-order valence-electron chi connectivity index (χ0n) is 10.0. The van der Waals surface area contributed by atoms with Gasteiger partial charge in [-0.05, 0) is 24.1 Å². The molecule has 2 aromatic rings. The van der Waals surface area contributed by atoms with E-state index >= 15 is 0 Å². The number of nitrogen functional groups attached to an aromatic ring is 1. The highest BCUT2D eigenvalue weighted by Crippen LogP contribution is 2.19. The maximum atomic E-state index is 5.72. The number of hydrogen-bond acceptors (Lipinski definition) is 4. The van der Waals surface area contributed by atoms with Crippen molar-refractivity contribution < 1.29 is 0 Å². The molecule has 0 aliphatic heterocycles. The summed E-state index contributed by atoms with van der Waals surface area (Å²) < 4.78 is 0. The van der Waals surface area contributed by atoms with Crippen molar-refractivity contribution >= 4 is 17.2 Å². The van der Waals surface area contributed by atoms with Crippen LogP contribution >= 0.6 is 0 Å². The van der Waals surface area contributed by atoms with Crippen molar-refractivity contribution in [2.45, 2.75) is 19.8 Å². The summed E-state index contributed by atoms with van der Waals surface area (Å²) in [4.78, 5) is 8.41. The van der Waals surface area contributed by atoms with E-state index in [4.69, 9.17) is 5.73 Å². The van der Waals surface area contributed by atoms with Crippen LogP contribution in [0.4, 0.5) is 17.2 Å². The molecule has 0 fully saturated rings. The third-order valence-corrected chi connectivity index (χ3v) is 2.44. The van der Waals surface area contributed by atoms with Gasteiger partial charge in [-0.1, -0.05) is 19.9 Å². The van der Waals surface area contributed by atoms with Crippen LogP contribution in [0.2, 0.25) is 0 Å². The molecule has 17 heavy (non-hydrogen) atoms. The molecular weight excluding hydrogens is 212 g/mol. The second kappa shape index (κ2) is 4.82. The van der Waals surface area contributed by atoms with Crippen LogP contribution in [0.15, 0.2) is 36.7 Å². The van der Waals surface area contributed by atoms with Crippen molar-refractivity contribution in [2.75, 3.05) is 11.1 Å². The van der Waals surface area contributed by atoms with Gasteiger partial charge in [-0.2, -0.15) is 0 Å². The summed E-state index contributed by atoms with van der Waals surface area (Å²) in [6.45, 7) is 4.21. The lowest BCUT2D eigenvalue weighted by Gasteiger charge is -2.08. The fraction of sp³-hybridized carbons (Fsp3) is 0.231. The minimum atomic E-state index is 0.388. The number of hydrogen-bond donors (Lipinski definition) is 2. The molecule has 0 aliphatic carbocycles. The normalized spacial score (nSPS) is 10.5. The molecule has 0 aliphatic rings. The second-order valence-corrected chi connectivity index (χ2v) is 4.23. The predicted octanol–water partition coefficient (Wildman–Crippen LogP) is 2.93. The first kappa shape index (κ1) is 11.4. The van der Waals surface area contributed by atoms with Gasteiger partial charge in [0.2, 0.25) is 0 Å². The summed E-state index contributed by atoms with van der Waals surface area (Å²) in [6, 6.07) is 9.53. The van der Waals surface area contributed by atoms with E-state index in [1.165, 1.54) is 0 Å². The average molecular weight is 228 g/mol. The first-order valence-electron chi connectivity index (χ1n) is 5.59. The SMILES string of the molecule is CC(C)c1cc(Nc2cccc(N)c2)ncn1. The summed E-state index contributed by atoms with van der Waals surface area (Å²) in [5.74, 6) is 1.17. The molecule has 0 unspecified atom stereocenters. The molecule has 0 spiro atoms. The van der Waals surface area contributed by atoms with Gasteiger partial charge in [0.1, 0.15) is 12.1 Å². The molecular formula is C13H16N4. The van der Waals surface area contributed by atoms with Gasteiger partial charge in [0.05, 0.1) is 0 Å². The Morgan fingerprint density at radius 1 is 1.18 bits per heavy atom. The van der Waals surface area contributed by atoms with Gasteiger partial charge >= 0.3 is 0 Å². The van der Waals surface area contributed by atoms with E-state index in [1.807, 2.05) is 30.3 Å². The van der Waals surface area contributed by atoms with E-state index < -0.39 is 0 Å². The highest BCUT2D eigenvalue weighted by Gasteiger charge is 2.03. The van der Waals surface area contributed by atoms with E-state index in [0.29, 0.717) is 5.92 Å². The largest absolute Gasteiger partial charge is 0.399 e. The molecule has 3 N–H and O–H groups in total. The molecule has 0 amide bonds. The van der Waals surface area contributed by atoms with Crippen LogP contribution < -0.4 is 11.1 Å². The number of aromatic nitrogens is 2. The maximum absolute atomic E-state index is 5.72.